The van der Waals surface area contributed by atoms with Crippen molar-refractivity contribution in [3.63, 3.8) is 0 Å². The maximum Gasteiger partial charge on any atom is 0.160 e. The molecule has 0 bridgehead atoms. The predicted octanol–water partition coefficient (Wildman–Crippen LogP) is 6.70. The highest BCUT2D eigenvalue weighted by atomic mass is 32.2. The van der Waals surface area contributed by atoms with Crippen molar-refractivity contribution >= 4 is 34.1 Å². The lowest BCUT2D eigenvalue weighted by Gasteiger charge is -2.12. The fourth-order valence-corrected chi connectivity index (χ4v) is 4.22. The minimum absolute atomic E-state index is 0.00572. The van der Waals surface area contributed by atoms with Gasteiger partial charge in [0.15, 0.2) is 11.6 Å². The molecule has 0 radical (unpaired) electrons. The van der Waals surface area contributed by atoms with E-state index in [2.05, 4.69) is 6.92 Å². The maximum atomic E-state index is 12.0. The van der Waals surface area contributed by atoms with E-state index in [1.54, 1.807) is 13.8 Å². The standard InChI is InChI=1S/C22H28O2S/c1-4-5-6-7-8-9-15-25-21-14-13-19(17(3)24)22-18(16(2)23)11-10-12-20(21)22/h10-14H,4-9,15H2,1-3H3. The zero-order valence-electron chi connectivity index (χ0n) is 15.6. The molecule has 0 unspecified atom stereocenters. The molecule has 0 spiro atoms. The third kappa shape index (κ3) is 5.18. The van der Waals surface area contributed by atoms with Crippen LogP contribution >= 0.6 is 11.8 Å². The SMILES string of the molecule is CCCCCCCCSc1ccc(C(C)=O)c2c(C(C)=O)cccc12. The van der Waals surface area contributed by atoms with Crippen molar-refractivity contribution in [2.75, 3.05) is 5.75 Å². The third-order valence-corrected chi connectivity index (χ3v) is 5.67. The topological polar surface area (TPSA) is 34.1 Å². The van der Waals surface area contributed by atoms with Crippen LogP contribution in [0.2, 0.25) is 0 Å². The molecule has 0 N–H and O–H groups in total. The van der Waals surface area contributed by atoms with Crippen LogP contribution in [0.4, 0.5) is 0 Å². The number of fused-ring (bicyclic) bond motifs is 1. The van der Waals surface area contributed by atoms with E-state index in [0.717, 1.165) is 21.4 Å². The second-order valence-corrected chi connectivity index (χ2v) is 7.70. The molecule has 0 atom stereocenters. The molecule has 0 saturated carbocycles. The maximum absolute atomic E-state index is 12.0. The van der Waals surface area contributed by atoms with Crippen LogP contribution in [0.25, 0.3) is 10.8 Å². The Hall–Kier alpha value is -1.61. The molecular weight excluding hydrogens is 328 g/mol. The number of hydrogen-bond acceptors (Lipinski definition) is 3. The van der Waals surface area contributed by atoms with E-state index in [0.29, 0.717) is 11.1 Å². The second kappa shape index (κ2) is 9.76. The normalized spacial score (nSPS) is 11.0. The summed E-state index contributed by atoms with van der Waals surface area (Å²) >= 11 is 1.83. The van der Waals surface area contributed by atoms with Crippen LogP contribution in [0.5, 0.6) is 0 Å². The van der Waals surface area contributed by atoms with Crippen LogP contribution in [0, 0.1) is 0 Å². The monoisotopic (exact) mass is 356 g/mol. The number of rotatable bonds is 10. The first-order chi connectivity index (χ1) is 12.1. The lowest BCUT2D eigenvalue weighted by Crippen LogP contribution is -2.01. The van der Waals surface area contributed by atoms with Crippen molar-refractivity contribution in [2.24, 2.45) is 0 Å². The van der Waals surface area contributed by atoms with Crippen molar-refractivity contribution in [3.8, 4) is 0 Å². The summed E-state index contributed by atoms with van der Waals surface area (Å²) in [4.78, 5) is 25.2. The Bertz CT molecular complexity index is 729. The lowest BCUT2D eigenvalue weighted by molar-refractivity contribution is 0.101. The van der Waals surface area contributed by atoms with Gasteiger partial charge in [-0.15, -0.1) is 11.8 Å². The van der Waals surface area contributed by atoms with Crippen molar-refractivity contribution in [2.45, 2.75) is 64.2 Å². The van der Waals surface area contributed by atoms with Crippen molar-refractivity contribution in [1.82, 2.24) is 0 Å². The Balaban J connectivity index is 2.19. The highest BCUT2D eigenvalue weighted by Gasteiger charge is 2.15. The van der Waals surface area contributed by atoms with Gasteiger partial charge in [0, 0.05) is 21.4 Å². The minimum atomic E-state index is 0.00572. The summed E-state index contributed by atoms with van der Waals surface area (Å²) in [6.45, 7) is 5.37. The van der Waals surface area contributed by atoms with E-state index >= 15 is 0 Å². The van der Waals surface area contributed by atoms with Crippen LogP contribution in [-0.2, 0) is 0 Å². The van der Waals surface area contributed by atoms with Gasteiger partial charge >= 0.3 is 0 Å². The van der Waals surface area contributed by atoms with E-state index < -0.39 is 0 Å². The predicted molar refractivity (Wildman–Crippen MR) is 108 cm³/mol. The highest BCUT2D eigenvalue weighted by molar-refractivity contribution is 7.99. The fourth-order valence-electron chi connectivity index (χ4n) is 3.16. The number of carbonyl (C=O) groups excluding carboxylic acids is 2. The number of ketones is 2. The molecule has 2 nitrogen and oxygen atoms in total. The quantitative estimate of drug-likeness (QED) is 0.270. The highest BCUT2D eigenvalue weighted by Crippen LogP contribution is 2.33. The Kier molecular flexibility index (Phi) is 7.70. The first kappa shape index (κ1) is 19.7. The molecule has 0 aliphatic carbocycles. The van der Waals surface area contributed by atoms with E-state index in [4.69, 9.17) is 0 Å². The molecule has 3 heteroatoms. The summed E-state index contributed by atoms with van der Waals surface area (Å²) in [5.74, 6) is 1.09. The van der Waals surface area contributed by atoms with Gasteiger partial charge < -0.3 is 0 Å². The Labute approximate surface area is 155 Å². The van der Waals surface area contributed by atoms with Gasteiger partial charge in [-0.2, -0.15) is 0 Å². The molecule has 0 aliphatic rings. The smallest absolute Gasteiger partial charge is 0.160 e. The van der Waals surface area contributed by atoms with E-state index in [1.165, 1.54) is 38.5 Å². The van der Waals surface area contributed by atoms with Crippen LogP contribution in [0.3, 0.4) is 0 Å². The van der Waals surface area contributed by atoms with Crippen molar-refractivity contribution < 1.29 is 9.59 Å². The number of unbranched alkanes of at least 4 members (excludes halogenated alkanes) is 5. The van der Waals surface area contributed by atoms with Gasteiger partial charge in [-0.3, -0.25) is 9.59 Å². The lowest BCUT2D eigenvalue weighted by atomic mass is 9.95. The summed E-state index contributed by atoms with van der Waals surface area (Å²) in [6.07, 6.45) is 7.73. The average molecular weight is 357 g/mol. The molecule has 0 amide bonds. The molecule has 0 aliphatic heterocycles. The number of Topliss-reactive ketones (excluding diaryl/α,β-unsaturated/α-hetero) is 2. The number of carbonyl (C=O) groups is 2. The van der Waals surface area contributed by atoms with Gasteiger partial charge in [-0.05, 0) is 43.5 Å². The van der Waals surface area contributed by atoms with E-state index in [-0.39, 0.29) is 11.6 Å². The number of hydrogen-bond donors (Lipinski definition) is 0. The van der Waals surface area contributed by atoms with Gasteiger partial charge in [-0.1, -0.05) is 57.2 Å². The van der Waals surface area contributed by atoms with Crippen LogP contribution in [0.15, 0.2) is 35.2 Å². The third-order valence-electron chi connectivity index (χ3n) is 4.51. The molecule has 0 fully saturated rings. The summed E-state index contributed by atoms with van der Waals surface area (Å²) in [5, 5.41) is 1.84. The van der Waals surface area contributed by atoms with E-state index in [1.807, 2.05) is 42.1 Å². The second-order valence-electron chi connectivity index (χ2n) is 6.57. The van der Waals surface area contributed by atoms with Crippen molar-refractivity contribution in [1.29, 1.82) is 0 Å². The van der Waals surface area contributed by atoms with Gasteiger partial charge in [0.1, 0.15) is 0 Å². The summed E-state index contributed by atoms with van der Waals surface area (Å²) < 4.78 is 0. The Morgan fingerprint density at radius 2 is 1.48 bits per heavy atom. The fraction of sp³-hybridized carbons (Fsp3) is 0.455. The molecule has 25 heavy (non-hydrogen) atoms. The van der Waals surface area contributed by atoms with Gasteiger partial charge in [0.05, 0.1) is 0 Å². The number of benzene rings is 2. The first-order valence-corrected chi connectivity index (χ1v) is 10.2. The van der Waals surface area contributed by atoms with Crippen molar-refractivity contribution in [3.05, 3.63) is 41.5 Å². The molecule has 0 heterocycles. The first-order valence-electron chi connectivity index (χ1n) is 9.26. The molecule has 2 rings (SSSR count). The van der Waals surface area contributed by atoms with Crippen LogP contribution in [-0.4, -0.2) is 17.3 Å². The number of thioether (sulfide) groups is 1. The van der Waals surface area contributed by atoms with Gasteiger partial charge in [0.2, 0.25) is 0 Å². The Morgan fingerprint density at radius 1 is 0.840 bits per heavy atom. The van der Waals surface area contributed by atoms with Crippen LogP contribution < -0.4 is 0 Å². The van der Waals surface area contributed by atoms with Crippen LogP contribution in [0.1, 0.15) is 80.0 Å². The summed E-state index contributed by atoms with van der Waals surface area (Å²) in [6, 6.07) is 9.67. The minimum Gasteiger partial charge on any atom is -0.294 e. The molecule has 0 aromatic heterocycles. The Morgan fingerprint density at radius 3 is 2.16 bits per heavy atom. The zero-order valence-corrected chi connectivity index (χ0v) is 16.4. The summed E-state index contributed by atoms with van der Waals surface area (Å²) in [5.41, 5.74) is 1.29. The van der Waals surface area contributed by atoms with Gasteiger partial charge in [-0.25, -0.2) is 0 Å². The average Bonchev–Trinajstić information content (AvgIpc) is 2.60. The molecule has 2 aromatic carbocycles. The van der Waals surface area contributed by atoms with E-state index in [9.17, 15) is 9.59 Å². The largest absolute Gasteiger partial charge is 0.294 e. The molecule has 2 aromatic rings. The molecule has 134 valence electrons. The molecular formula is C22H28O2S. The summed E-state index contributed by atoms with van der Waals surface area (Å²) in [7, 11) is 0. The van der Waals surface area contributed by atoms with Gasteiger partial charge in [0.25, 0.3) is 0 Å². The molecule has 0 saturated heterocycles. The zero-order chi connectivity index (χ0) is 18.2.